The highest BCUT2D eigenvalue weighted by atomic mass is 35.5. The van der Waals surface area contributed by atoms with Crippen LogP contribution in [0.5, 0.6) is 0 Å². The summed E-state index contributed by atoms with van der Waals surface area (Å²) in [6.07, 6.45) is 0. The fourth-order valence-electron chi connectivity index (χ4n) is 3.09. The summed E-state index contributed by atoms with van der Waals surface area (Å²) in [6, 6.07) is 18.3. The molecule has 0 aliphatic rings. The molecule has 188 valence electrons. The number of aromatic nitrogens is 5. The number of carbonyl (C=O) groups is 1. The lowest BCUT2D eigenvalue weighted by Crippen LogP contribution is -2.16. The largest absolute Gasteiger partial charge is 0.325 e. The zero-order valence-corrected chi connectivity index (χ0v) is 22.0. The van der Waals surface area contributed by atoms with E-state index in [1.54, 1.807) is 0 Å². The van der Waals surface area contributed by atoms with Crippen LogP contribution in [-0.4, -0.2) is 45.0 Å². The Hall–Kier alpha value is -3.19. The number of sulfonamides is 1. The third-order valence-electron chi connectivity index (χ3n) is 4.72. The van der Waals surface area contributed by atoms with Crippen LogP contribution in [0.4, 0.5) is 11.5 Å². The number of amides is 1. The van der Waals surface area contributed by atoms with Crippen LogP contribution in [0.2, 0.25) is 5.15 Å². The molecule has 2 heterocycles. The normalized spacial score (nSPS) is 10.9. The van der Waals surface area contributed by atoms with Gasteiger partial charge in [0.05, 0.1) is 10.6 Å². The monoisotopic (exact) mass is 565 g/mol. The second-order valence-electron chi connectivity index (χ2n) is 7.12. The summed E-state index contributed by atoms with van der Waals surface area (Å²) in [7, 11) is -3.88. The fourth-order valence-corrected chi connectivity index (χ4v) is 4.99. The minimum absolute atomic E-state index is 0. The predicted molar refractivity (Wildman–Crippen MR) is 142 cm³/mol. The molecule has 2 aromatic carbocycles. The molecule has 0 atom stereocenters. The number of anilines is 2. The van der Waals surface area contributed by atoms with E-state index in [4.69, 9.17) is 11.6 Å². The average Bonchev–Trinajstić information content (AvgIpc) is 3.28. The molecular formula is C22H21Cl2N7O3S2. The molecule has 2 N–H and O–H groups in total. The van der Waals surface area contributed by atoms with Crippen LogP contribution in [0.1, 0.15) is 6.92 Å². The molecule has 4 aromatic rings. The van der Waals surface area contributed by atoms with Gasteiger partial charge in [0.2, 0.25) is 5.91 Å². The van der Waals surface area contributed by atoms with Gasteiger partial charge in [-0.05, 0) is 43.3 Å². The number of thioether (sulfide) groups is 1. The number of hydrogen-bond donors (Lipinski definition) is 2. The van der Waals surface area contributed by atoms with E-state index in [0.29, 0.717) is 17.4 Å². The van der Waals surface area contributed by atoms with Crippen LogP contribution < -0.4 is 10.0 Å². The van der Waals surface area contributed by atoms with Crippen molar-refractivity contribution in [1.29, 1.82) is 0 Å². The van der Waals surface area contributed by atoms with E-state index in [2.05, 4.69) is 30.4 Å². The van der Waals surface area contributed by atoms with Gasteiger partial charge in [-0.25, -0.2) is 8.42 Å². The minimum atomic E-state index is -3.88. The molecule has 36 heavy (non-hydrogen) atoms. The Morgan fingerprint density at radius 2 is 1.69 bits per heavy atom. The highest BCUT2D eigenvalue weighted by molar-refractivity contribution is 7.99. The smallest absolute Gasteiger partial charge is 0.263 e. The van der Waals surface area contributed by atoms with Crippen molar-refractivity contribution in [2.75, 3.05) is 15.8 Å². The molecule has 10 nitrogen and oxygen atoms in total. The fraction of sp³-hybridized carbons (Fsp3) is 0.136. The van der Waals surface area contributed by atoms with Gasteiger partial charge < -0.3 is 9.88 Å². The van der Waals surface area contributed by atoms with Crippen molar-refractivity contribution in [2.24, 2.45) is 0 Å². The molecular weight excluding hydrogens is 545 g/mol. The predicted octanol–water partition coefficient (Wildman–Crippen LogP) is 4.36. The molecule has 1 amide bonds. The van der Waals surface area contributed by atoms with Crippen molar-refractivity contribution < 1.29 is 13.2 Å². The van der Waals surface area contributed by atoms with E-state index in [1.165, 1.54) is 48.2 Å². The van der Waals surface area contributed by atoms with Crippen LogP contribution in [0.15, 0.2) is 76.8 Å². The molecule has 0 fully saturated rings. The lowest BCUT2D eigenvalue weighted by Gasteiger charge is -2.09. The average molecular weight is 566 g/mol. The first-order valence-corrected chi connectivity index (χ1v) is 13.2. The molecule has 0 spiro atoms. The van der Waals surface area contributed by atoms with Gasteiger partial charge in [-0.2, -0.15) is 0 Å². The summed E-state index contributed by atoms with van der Waals surface area (Å²) < 4.78 is 29.3. The van der Waals surface area contributed by atoms with Gasteiger partial charge in [0, 0.05) is 17.8 Å². The van der Waals surface area contributed by atoms with E-state index < -0.39 is 10.0 Å². The van der Waals surface area contributed by atoms with Crippen LogP contribution in [0.25, 0.3) is 11.4 Å². The summed E-state index contributed by atoms with van der Waals surface area (Å²) in [6.45, 7) is 2.65. The van der Waals surface area contributed by atoms with E-state index in [1.807, 2.05) is 41.8 Å². The number of nitrogens with zero attached hydrogens (tertiary/aromatic N) is 5. The molecule has 0 aliphatic carbocycles. The molecule has 4 rings (SSSR count). The summed E-state index contributed by atoms with van der Waals surface area (Å²) in [5.74, 6) is 0.640. The molecule has 0 aliphatic heterocycles. The highest BCUT2D eigenvalue weighted by Gasteiger charge is 2.17. The van der Waals surface area contributed by atoms with E-state index in [9.17, 15) is 13.2 Å². The van der Waals surface area contributed by atoms with Crippen LogP contribution in [-0.2, 0) is 21.4 Å². The van der Waals surface area contributed by atoms with Crippen molar-refractivity contribution in [1.82, 2.24) is 25.0 Å². The van der Waals surface area contributed by atoms with Gasteiger partial charge in [0.15, 0.2) is 22.0 Å². The Morgan fingerprint density at radius 1 is 0.972 bits per heavy atom. The summed E-state index contributed by atoms with van der Waals surface area (Å²) in [5.41, 5.74) is 1.41. The maximum absolute atomic E-state index is 12.5. The second kappa shape index (κ2) is 12.2. The van der Waals surface area contributed by atoms with Gasteiger partial charge in [-0.15, -0.1) is 32.8 Å². The van der Waals surface area contributed by atoms with Crippen LogP contribution in [0, 0.1) is 0 Å². The molecule has 0 saturated carbocycles. The molecule has 0 radical (unpaired) electrons. The number of hydrogen-bond acceptors (Lipinski definition) is 8. The molecule has 0 bridgehead atoms. The molecule has 2 aromatic heterocycles. The van der Waals surface area contributed by atoms with E-state index in [0.717, 1.165) is 11.4 Å². The van der Waals surface area contributed by atoms with Crippen molar-refractivity contribution in [3.8, 4) is 11.4 Å². The molecule has 0 saturated heterocycles. The number of halogens is 2. The Balaban J connectivity index is 0.00000361. The maximum atomic E-state index is 12.5. The second-order valence-corrected chi connectivity index (χ2v) is 10.1. The Kier molecular flexibility index (Phi) is 9.26. The number of carbonyl (C=O) groups excluding carboxylic acids is 1. The zero-order valence-electron chi connectivity index (χ0n) is 18.8. The summed E-state index contributed by atoms with van der Waals surface area (Å²) >= 11 is 6.94. The van der Waals surface area contributed by atoms with Crippen molar-refractivity contribution in [2.45, 2.75) is 23.5 Å². The molecule has 0 unspecified atom stereocenters. The number of benzene rings is 2. The van der Waals surface area contributed by atoms with Gasteiger partial charge in [0.25, 0.3) is 10.0 Å². The van der Waals surface area contributed by atoms with Gasteiger partial charge in [0.1, 0.15) is 0 Å². The quantitative estimate of drug-likeness (QED) is 0.286. The van der Waals surface area contributed by atoms with Crippen molar-refractivity contribution >= 4 is 63.2 Å². The van der Waals surface area contributed by atoms with Crippen molar-refractivity contribution in [3.63, 3.8) is 0 Å². The van der Waals surface area contributed by atoms with Crippen molar-refractivity contribution in [3.05, 3.63) is 71.9 Å². The van der Waals surface area contributed by atoms with Crippen LogP contribution >= 0.6 is 35.8 Å². The van der Waals surface area contributed by atoms with Gasteiger partial charge in [-0.1, -0.05) is 53.7 Å². The summed E-state index contributed by atoms with van der Waals surface area (Å²) in [5, 5.41) is 19.3. The Bertz CT molecular complexity index is 1420. The highest BCUT2D eigenvalue weighted by Crippen LogP contribution is 2.24. The lowest BCUT2D eigenvalue weighted by molar-refractivity contribution is -0.113. The zero-order chi connectivity index (χ0) is 24.8. The minimum Gasteiger partial charge on any atom is -0.325 e. The third-order valence-corrected chi connectivity index (χ3v) is 7.26. The van der Waals surface area contributed by atoms with E-state index in [-0.39, 0.29) is 39.9 Å². The maximum Gasteiger partial charge on any atom is 0.263 e. The third kappa shape index (κ3) is 6.72. The Labute approximate surface area is 223 Å². The molecule has 14 heteroatoms. The topological polar surface area (TPSA) is 132 Å². The SMILES string of the molecule is CCn1c(SCC(=O)Nc2ccc(S(=O)(=O)Nc3ccc(Cl)nn3)cc2)nnc1-c1ccccc1.Cl. The number of nitrogens with one attached hydrogen (secondary N) is 2. The summed E-state index contributed by atoms with van der Waals surface area (Å²) in [4.78, 5) is 12.5. The Morgan fingerprint density at radius 3 is 2.33 bits per heavy atom. The van der Waals surface area contributed by atoms with Crippen LogP contribution in [0.3, 0.4) is 0 Å². The first kappa shape index (κ1) is 27.4. The van der Waals surface area contributed by atoms with Gasteiger partial charge >= 0.3 is 0 Å². The van der Waals surface area contributed by atoms with Gasteiger partial charge in [-0.3, -0.25) is 9.52 Å². The van der Waals surface area contributed by atoms with E-state index >= 15 is 0 Å². The first-order valence-electron chi connectivity index (χ1n) is 10.4. The first-order chi connectivity index (χ1) is 16.9. The standard InChI is InChI=1S/C22H20ClN7O3S2.ClH/c1-2-30-21(15-6-4-3-5-7-15)27-28-22(30)34-14-20(31)24-16-8-10-17(11-9-16)35(32,33)29-19-13-12-18(23)25-26-19;/h3-13H,2,14H2,1H3,(H,24,31)(H,26,29);1H. The lowest BCUT2D eigenvalue weighted by atomic mass is 10.2. The number of rotatable bonds is 9.